The molecule has 1 aromatic heterocycles. The summed E-state index contributed by atoms with van der Waals surface area (Å²) < 4.78 is 13.2. The van der Waals surface area contributed by atoms with Crippen LogP contribution in [0.25, 0.3) is 0 Å². The lowest BCUT2D eigenvalue weighted by Gasteiger charge is -2.24. The van der Waals surface area contributed by atoms with Gasteiger partial charge < -0.3 is 5.32 Å². The SMILES string of the molecule is CCCNC(CCC(C)(C)C)c1cncc(F)c1. The van der Waals surface area contributed by atoms with Crippen molar-refractivity contribution in [1.29, 1.82) is 0 Å². The average Bonchev–Trinajstić information content (AvgIpc) is 2.28. The smallest absolute Gasteiger partial charge is 0.141 e. The summed E-state index contributed by atoms with van der Waals surface area (Å²) in [4.78, 5) is 3.94. The van der Waals surface area contributed by atoms with Gasteiger partial charge in [0.05, 0.1) is 6.20 Å². The van der Waals surface area contributed by atoms with E-state index < -0.39 is 0 Å². The molecule has 1 atom stereocenters. The van der Waals surface area contributed by atoms with Crippen LogP contribution in [0.4, 0.5) is 4.39 Å². The van der Waals surface area contributed by atoms with E-state index in [4.69, 9.17) is 0 Å². The third kappa shape index (κ3) is 5.58. The van der Waals surface area contributed by atoms with E-state index in [0.717, 1.165) is 31.4 Å². The molecule has 1 rings (SSSR count). The first kappa shape index (κ1) is 15.1. The van der Waals surface area contributed by atoms with Gasteiger partial charge in [0.2, 0.25) is 0 Å². The van der Waals surface area contributed by atoms with Crippen molar-refractivity contribution < 1.29 is 4.39 Å². The number of halogens is 1. The molecule has 0 radical (unpaired) electrons. The van der Waals surface area contributed by atoms with Crippen LogP contribution < -0.4 is 5.32 Å². The van der Waals surface area contributed by atoms with Gasteiger partial charge in [0, 0.05) is 12.2 Å². The van der Waals surface area contributed by atoms with Gasteiger partial charge in [-0.15, -0.1) is 0 Å². The van der Waals surface area contributed by atoms with Gasteiger partial charge in [-0.3, -0.25) is 4.98 Å². The summed E-state index contributed by atoms with van der Waals surface area (Å²) in [6.07, 6.45) is 6.21. The Balaban J connectivity index is 2.71. The highest BCUT2D eigenvalue weighted by Gasteiger charge is 2.17. The van der Waals surface area contributed by atoms with Crippen molar-refractivity contribution >= 4 is 0 Å². The van der Waals surface area contributed by atoms with E-state index in [2.05, 4.69) is 38.0 Å². The second-order valence-electron chi connectivity index (χ2n) is 6.04. The predicted molar refractivity (Wildman–Crippen MR) is 73.9 cm³/mol. The van der Waals surface area contributed by atoms with E-state index in [0.29, 0.717) is 5.41 Å². The number of nitrogens with one attached hydrogen (secondary N) is 1. The maximum Gasteiger partial charge on any atom is 0.141 e. The Morgan fingerprint density at radius 3 is 2.61 bits per heavy atom. The second-order valence-corrected chi connectivity index (χ2v) is 6.04. The summed E-state index contributed by atoms with van der Waals surface area (Å²) in [7, 11) is 0. The highest BCUT2D eigenvalue weighted by Crippen LogP contribution is 2.27. The molecule has 102 valence electrons. The molecule has 0 aromatic carbocycles. The van der Waals surface area contributed by atoms with E-state index >= 15 is 0 Å². The maximum absolute atomic E-state index is 13.2. The zero-order valence-electron chi connectivity index (χ0n) is 12.0. The Labute approximate surface area is 110 Å². The normalized spacial score (nSPS) is 13.6. The minimum atomic E-state index is -0.258. The molecule has 0 saturated carbocycles. The zero-order chi connectivity index (χ0) is 13.6. The molecule has 0 aliphatic heterocycles. The molecule has 1 heterocycles. The first-order valence-electron chi connectivity index (χ1n) is 6.76. The van der Waals surface area contributed by atoms with E-state index in [1.807, 2.05) is 0 Å². The quantitative estimate of drug-likeness (QED) is 0.825. The van der Waals surface area contributed by atoms with E-state index in [1.165, 1.54) is 6.20 Å². The van der Waals surface area contributed by atoms with Crippen molar-refractivity contribution in [1.82, 2.24) is 10.3 Å². The Kier molecular flexibility index (Phi) is 5.73. The summed E-state index contributed by atoms with van der Waals surface area (Å²) in [5.41, 5.74) is 1.25. The van der Waals surface area contributed by atoms with Gasteiger partial charge in [-0.25, -0.2) is 4.39 Å². The van der Waals surface area contributed by atoms with Crippen molar-refractivity contribution in [3.8, 4) is 0 Å². The summed E-state index contributed by atoms with van der Waals surface area (Å²) in [5.74, 6) is -0.258. The Hall–Kier alpha value is -0.960. The number of hydrogen-bond acceptors (Lipinski definition) is 2. The Bertz CT molecular complexity index is 358. The first-order chi connectivity index (χ1) is 8.42. The number of rotatable bonds is 6. The van der Waals surface area contributed by atoms with Crippen molar-refractivity contribution in [2.75, 3.05) is 6.54 Å². The van der Waals surface area contributed by atoms with Gasteiger partial charge in [-0.2, -0.15) is 0 Å². The molecule has 1 aromatic rings. The highest BCUT2D eigenvalue weighted by molar-refractivity contribution is 5.15. The fourth-order valence-electron chi connectivity index (χ4n) is 1.90. The molecule has 0 aliphatic rings. The molecule has 1 unspecified atom stereocenters. The van der Waals surface area contributed by atoms with Gasteiger partial charge in [0.25, 0.3) is 0 Å². The third-order valence-corrected chi connectivity index (χ3v) is 2.95. The monoisotopic (exact) mass is 252 g/mol. The molecular weight excluding hydrogens is 227 g/mol. The van der Waals surface area contributed by atoms with Crippen molar-refractivity contribution in [2.45, 2.75) is 53.0 Å². The molecule has 0 spiro atoms. The molecular formula is C15H25FN2. The fourth-order valence-corrected chi connectivity index (χ4v) is 1.90. The topological polar surface area (TPSA) is 24.9 Å². The number of nitrogens with zero attached hydrogens (tertiary/aromatic N) is 1. The predicted octanol–water partition coefficient (Wildman–Crippen LogP) is 4.09. The van der Waals surface area contributed by atoms with Crippen molar-refractivity contribution in [3.63, 3.8) is 0 Å². The van der Waals surface area contributed by atoms with Gasteiger partial charge in [0.15, 0.2) is 0 Å². The second kappa shape index (κ2) is 6.83. The molecule has 0 saturated heterocycles. The van der Waals surface area contributed by atoms with Crippen LogP contribution in [0.2, 0.25) is 0 Å². The zero-order valence-corrected chi connectivity index (χ0v) is 12.0. The minimum absolute atomic E-state index is 0.201. The average molecular weight is 252 g/mol. The van der Waals surface area contributed by atoms with Crippen LogP contribution in [-0.4, -0.2) is 11.5 Å². The molecule has 0 fully saturated rings. The van der Waals surface area contributed by atoms with Crippen LogP contribution in [0, 0.1) is 11.2 Å². The summed E-state index contributed by atoms with van der Waals surface area (Å²) in [5, 5.41) is 3.48. The number of pyridine rings is 1. The van der Waals surface area contributed by atoms with Gasteiger partial charge in [0.1, 0.15) is 5.82 Å². The highest BCUT2D eigenvalue weighted by atomic mass is 19.1. The molecule has 2 nitrogen and oxygen atoms in total. The minimum Gasteiger partial charge on any atom is -0.310 e. The summed E-state index contributed by atoms with van der Waals surface area (Å²) in [6.45, 7) is 9.78. The first-order valence-corrected chi connectivity index (χ1v) is 6.76. The van der Waals surface area contributed by atoms with Crippen LogP contribution in [0.1, 0.15) is 58.6 Å². The Morgan fingerprint density at radius 2 is 2.06 bits per heavy atom. The van der Waals surface area contributed by atoms with Crippen LogP contribution in [0.15, 0.2) is 18.5 Å². The lowest BCUT2D eigenvalue weighted by Crippen LogP contribution is -2.24. The molecule has 3 heteroatoms. The molecule has 0 bridgehead atoms. The summed E-state index contributed by atoms with van der Waals surface area (Å²) >= 11 is 0. The molecule has 1 N–H and O–H groups in total. The number of hydrogen-bond donors (Lipinski definition) is 1. The van der Waals surface area contributed by atoms with Crippen LogP contribution in [0.3, 0.4) is 0 Å². The van der Waals surface area contributed by atoms with E-state index in [9.17, 15) is 4.39 Å². The van der Waals surface area contributed by atoms with Crippen molar-refractivity contribution in [2.24, 2.45) is 5.41 Å². The summed E-state index contributed by atoms with van der Waals surface area (Å²) in [6, 6.07) is 1.79. The van der Waals surface area contributed by atoms with Crippen LogP contribution >= 0.6 is 0 Å². The van der Waals surface area contributed by atoms with E-state index in [-0.39, 0.29) is 11.9 Å². The van der Waals surface area contributed by atoms with Crippen LogP contribution in [-0.2, 0) is 0 Å². The van der Waals surface area contributed by atoms with E-state index in [1.54, 1.807) is 12.3 Å². The lowest BCUT2D eigenvalue weighted by atomic mass is 9.87. The van der Waals surface area contributed by atoms with Gasteiger partial charge >= 0.3 is 0 Å². The lowest BCUT2D eigenvalue weighted by molar-refractivity contribution is 0.331. The molecule has 0 amide bonds. The van der Waals surface area contributed by atoms with Gasteiger partial charge in [-0.1, -0.05) is 27.7 Å². The Morgan fingerprint density at radius 1 is 1.33 bits per heavy atom. The molecule has 0 aliphatic carbocycles. The van der Waals surface area contributed by atoms with Crippen molar-refractivity contribution in [3.05, 3.63) is 29.8 Å². The molecule has 18 heavy (non-hydrogen) atoms. The van der Waals surface area contributed by atoms with Gasteiger partial charge in [-0.05, 0) is 42.9 Å². The maximum atomic E-state index is 13.2. The largest absolute Gasteiger partial charge is 0.310 e. The fraction of sp³-hybridized carbons (Fsp3) is 0.667. The third-order valence-electron chi connectivity index (χ3n) is 2.95. The number of aromatic nitrogens is 1. The van der Waals surface area contributed by atoms with Crippen LogP contribution in [0.5, 0.6) is 0 Å². The standard InChI is InChI=1S/C15H25FN2/c1-5-8-18-14(6-7-15(2,3)4)12-9-13(16)11-17-10-12/h9-11,14,18H,5-8H2,1-4H3.